The Morgan fingerprint density at radius 2 is 1.83 bits per heavy atom. The number of hydrogen-bond acceptors (Lipinski definition) is 6. The van der Waals surface area contributed by atoms with Crippen LogP contribution in [-0.4, -0.2) is 47.0 Å². The third kappa shape index (κ3) is 4.73. The minimum atomic E-state index is -0.357. The van der Waals surface area contributed by atoms with Crippen molar-refractivity contribution >= 4 is 11.5 Å². The lowest BCUT2D eigenvalue weighted by Gasteiger charge is -2.21. The SMILES string of the molecule is Cc1ccnc(N(C)CCCN(C)Cc2ccncc2)c1[N+](=O)[O-]. The summed E-state index contributed by atoms with van der Waals surface area (Å²) in [6, 6.07) is 5.67. The Hall–Kier alpha value is -2.54. The number of pyridine rings is 2. The normalized spacial score (nSPS) is 10.8. The molecule has 2 heterocycles. The zero-order valence-electron chi connectivity index (χ0n) is 14.3. The van der Waals surface area contributed by atoms with Crippen LogP contribution in [0.1, 0.15) is 17.5 Å². The van der Waals surface area contributed by atoms with E-state index < -0.39 is 0 Å². The highest BCUT2D eigenvalue weighted by Gasteiger charge is 2.21. The van der Waals surface area contributed by atoms with Crippen LogP contribution in [0.25, 0.3) is 0 Å². The fourth-order valence-electron chi connectivity index (χ4n) is 2.60. The molecule has 0 aliphatic rings. The quantitative estimate of drug-likeness (QED) is 0.547. The summed E-state index contributed by atoms with van der Waals surface area (Å²) in [6.07, 6.45) is 6.09. The molecule has 0 amide bonds. The summed E-state index contributed by atoms with van der Waals surface area (Å²) in [4.78, 5) is 23.2. The van der Waals surface area contributed by atoms with E-state index in [1.54, 1.807) is 31.6 Å². The van der Waals surface area contributed by atoms with Crippen molar-refractivity contribution in [3.8, 4) is 0 Å². The Balaban J connectivity index is 1.88. The van der Waals surface area contributed by atoms with E-state index in [0.717, 1.165) is 19.5 Å². The largest absolute Gasteiger partial charge is 0.354 e. The molecule has 2 rings (SSSR count). The first-order valence-corrected chi connectivity index (χ1v) is 7.87. The first kappa shape index (κ1) is 17.8. The summed E-state index contributed by atoms with van der Waals surface area (Å²) in [5.74, 6) is 0.428. The van der Waals surface area contributed by atoms with E-state index in [-0.39, 0.29) is 10.6 Å². The third-order valence-corrected chi connectivity index (χ3v) is 3.89. The Morgan fingerprint density at radius 3 is 2.50 bits per heavy atom. The predicted molar refractivity (Wildman–Crippen MR) is 94.1 cm³/mol. The monoisotopic (exact) mass is 329 g/mol. The van der Waals surface area contributed by atoms with Gasteiger partial charge in [-0.1, -0.05) is 0 Å². The molecule has 0 radical (unpaired) electrons. The molecule has 0 bridgehead atoms. The number of nitrogens with zero attached hydrogens (tertiary/aromatic N) is 5. The lowest BCUT2D eigenvalue weighted by Crippen LogP contribution is -2.26. The summed E-state index contributed by atoms with van der Waals surface area (Å²) in [6.45, 7) is 4.19. The number of rotatable bonds is 8. The molecule has 0 aliphatic heterocycles. The van der Waals surface area contributed by atoms with Crippen molar-refractivity contribution in [1.82, 2.24) is 14.9 Å². The van der Waals surface area contributed by atoms with Gasteiger partial charge in [0.25, 0.3) is 0 Å². The molecule has 7 heteroatoms. The van der Waals surface area contributed by atoms with Crippen LogP contribution in [0.4, 0.5) is 11.5 Å². The topological polar surface area (TPSA) is 75.4 Å². The van der Waals surface area contributed by atoms with Gasteiger partial charge in [-0.15, -0.1) is 0 Å². The minimum Gasteiger partial charge on any atom is -0.354 e. The lowest BCUT2D eigenvalue weighted by atomic mass is 10.2. The second-order valence-corrected chi connectivity index (χ2v) is 5.93. The van der Waals surface area contributed by atoms with Gasteiger partial charge in [0.15, 0.2) is 0 Å². The van der Waals surface area contributed by atoms with E-state index in [1.165, 1.54) is 5.56 Å². The Bertz CT molecular complexity index is 678. The molecule has 24 heavy (non-hydrogen) atoms. The van der Waals surface area contributed by atoms with Gasteiger partial charge in [0.05, 0.1) is 4.92 Å². The lowest BCUT2D eigenvalue weighted by molar-refractivity contribution is -0.384. The molecule has 2 aromatic heterocycles. The molecule has 0 aromatic carbocycles. The molecular formula is C17H23N5O2. The van der Waals surface area contributed by atoms with Crippen molar-refractivity contribution in [2.75, 3.05) is 32.1 Å². The molecular weight excluding hydrogens is 306 g/mol. The zero-order chi connectivity index (χ0) is 17.5. The second-order valence-electron chi connectivity index (χ2n) is 5.93. The van der Waals surface area contributed by atoms with Gasteiger partial charge in [0, 0.05) is 44.3 Å². The molecule has 128 valence electrons. The van der Waals surface area contributed by atoms with Crippen LogP contribution >= 0.6 is 0 Å². The molecule has 7 nitrogen and oxygen atoms in total. The van der Waals surface area contributed by atoms with E-state index in [4.69, 9.17) is 0 Å². The van der Waals surface area contributed by atoms with Crippen LogP contribution in [0.15, 0.2) is 36.8 Å². The molecule has 0 N–H and O–H groups in total. The van der Waals surface area contributed by atoms with Gasteiger partial charge in [0.2, 0.25) is 5.82 Å². The Kier molecular flexibility index (Phi) is 6.20. The van der Waals surface area contributed by atoms with Gasteiger partial charge in [-0.3, -0.25) is 15.1 Å². The molecule has 0 atom stereocenters. The average molecular weight is 329 g/mol. The van der Waals surface area contributed by atoms with E-state index >= 15 is 0 Å². The van der Waals surface area contributed by atoms with Crippen LogP contribution in [0.2, 0.25) is 0 Å². The smallest absolute Gasteiger partial charge is 0.314 e. The average Bonchev–Trinajstić information content (AvgIpc) is 2.55. The van der Waals surface area contributed by atoms with Crippen molar-refractivity contribution in [2.45, 2.75) is 19.9 Å². The summed E-state index contributed by atoms with van der Waals surface area (Å²) in [5, 5.41) is 11.3. The van der Waals surface area contributed by atoms with Crippen molar-refractivity contribution in [2.24, 2.45) is 0 Å². The fraction of sp³-hybridized carbons (Fsp3) is 0.412. The molecule has 0 spiro atoms. The van der Waals surface area contributed by atoms with Crippen molar-refractivity contribution in [3.63, 3.8) is 0 Å². The van der Waals surface area contributed by atoms with Crippen LogP contribution in [0, 0.1) is 17.0 Å². The van der Waals surface area contributed by atoms with E-state index in [1.807, 2.05) is 24.1 Å². The summed E-state index contributed by atoms with van der Waals surface area (Å²) >= 11 is 0. The molecule has 0 unspecified atom stereocenters. The highest BCUT2D eigenvalue weighted by molar-refractivity contribution is 5.61. The third-order valence-electron chi connectivity index (χ3n) is 3.89. The maximum atomic E-state index is 11.3. The van der Waals surface area contributed by atoms with E-state index in [2.05, 4.69) is 21.9 Å². The number of nitro groups is 1. The van der Waals surface area contributed by atoms with Gasteiger partial charge in [-0.2, -0.15) is 0 Å². The maximum absolute atomic E-state index is 11.3. The van der Waals surface area contributed by atoms with E-state index in [9.17, 15) is 10.1 Å². The molecule has 0 aliphatic carbocycles. The second kappa shape index (κ2) is 8.35. The summed E-state index contributed by atoms with van der Waals surface area (Å²) in [7, 11) is 3.91. The molecule has 0 fully saturated rings. The Morgan fingerprint density at radius 1 is 1.12 bits per heavy atom. The predicted octanol–water partition coefficient (Wildman–Crippen LogP) is 2.65. The standard InChI is InChI=1S/C17H23N5O2/c1-14-5-10-19-17(16(14)22(23)24)21(3)12-4-11-20(2)13-15-6-8-18-9-7-15/h5-10H,4,11-13H2,1-3H3. The number of anilines is 1. The van der Waals surface area contributed by atoms with Gasteiger partial charge in [0.1, 0.15) is 0 Å². The van der Waals surface area contributed by atoms with Crippen LogP contribution in [-0.2, 0) is 6.54 Å². The Labute approximate surface area is 142 Å². The minimum absolute atomic E-state index is 0.0881. The van der Waals surface area contributed by atoms with Gasteiger partial charge in [-0.05, 0) is 50.7 Å². The number of aryl methyl sites for hydroxylation is 1. The first-order chi connectivity index (χ1) is 11.5. The van der Waals surface area contributed by atoms with Gasteiger partial charge >= 0.3 is 5.69 Å². The highest BCUT2D eigenvalue weighted by atomic mass is 16.6. The van der Waals surface area contributed by atoms with Crippen molar-refractivity contribution < 1.29 is 4.92 Å². The first-order valence-electron chi connectivity index (χ1n) is 7.87. The molecule has 2 aromatic rings. The van der Waals surface area contributed by atoms with Crippen LogP contribution < -0.4 is 4.90 Å². The van der Waals surface area contributed by atoms with Crippen LogP contribution in [0.3, 0.4) is 0 Å². The molecule has 0 saturated carbocycles. The summed E-state index contributed by atoms with van der Waals surface area (Å²) < 4.78 is 0. The van der Waals surface area contributed by atoms with Crippen LogP contribution in [0.5, 0.6) is 0 Å². The van der Waals surface area contributed by atoms with E-state index in [0.29, 0.717) is 17.9 Å². The fourth-order valence-corrected chi connectivity index (χ4v) is 2.60. The van der Waals surface area contributed by atoms with Crippen molar-refractivity contribution in [1.29, 1.82) is 0 Å². The molecule has 0 saturated heterocycles. The zero-order valence-corrected chi connectivity index (χ0v) is 14.3. The highest BCUT2D eigenvalue weighted by Crippen LogP contribution is 2.28. The maximum Gasteiger partial charge on any atom is 0.314 e. The summed E-state index contributed by atoms with van der Waals surface area (Å²) in [5.41, 5.74) is 1.94. The van der Waals surface area contributed by atoms with Gasteiger partial charge < -0.3 is 9.80 Å². The number of aromatic nitrogens is 2. The number of hydrogen-bond donors (Lipinski definition) is 0. The van der Waals surface area contributed by atoms with Crippen molar-refractivity contribution in [3.05, 3.63) is 58.0 Å². The van der Waals surface area contributed by atoms with Gasteiger partial charge in [-0.25, -0.2) is 4.98 Å².